The molecule has 0 saturated heterocycles. The lowest BCUT2D eigenvalue weighted by molar-refractivity contribution is -0.141. The number of carbonyl (C=O) groups excluding carboxylic acids is 2. The highest BCUT2D eigenvalue weighted by molar-refractivity contribution is 5.95. The lowest BCUT2D eigenvalue weighted by atomic mass is 10.1. The molecule has 1 aliphatic rings. The summed E-state index contributed by atoms with van der Waals surface area (Å²) in [6.07, 6.45) is 1.63. The number of carboxylic acid groups (broad SMARTS) is 1. The quantitative estimate of drug-likeness (QED) is 0.667. The lowest BCUT2D eigenvalue weighted by Gasteiger charge is -2.14. The summed E-state index contributed by atoms with van der Waals surface area (Å²) in [5, 5.41) is 11.8. The molecule has 1 aromatic rings. The fraction of sp³-hybridized carbons (Fsp3) is 0.438. The Morgan fingerprint density at radius 3 is 2.62 bits per heavy atom. The third kappa shape index (κ3) is 4.37. The second kappa shape index (κ2) is 7.67. The number of amides is 2. The van der Waals surface area contributed by atoms with Crippen molar-refractivity contribution < 1.29 is 29.0 Å². The molecule has 0 heterocycles. The van der Waals surface area contributed by atoms with Crippen LogP contribution in [0.1, 0.15) is 29.6 Å². The van der Waals surface area contributed by atoms with Gasteiger partial charge in [-0.2, -0.15) is 0 Å². The van der Waals surface area contributed by atoms with Crippen molar-refractivity contribution in [3.63, 3.8) is 0 Å². The number of primary amides is 1. The average molecular weight is 336 g/mol. The molecule has 0 aromatic heterocycles. The molecule has 1 saturated carbocycles. The Morgan fingerprint density at radius 2 is 2.04 bits per heavy atom. The second-order valence-corrected chi connectivity index (χ2v) is 5.64. The third-order valence-electron chi connectivity index (χ3n) is 3.91. The summed E-state index contributed by atoms with van der Waals surface area (Å²) < 4.78 is 10.4. The van der Waals surface area contributed by atoms with E-state index < -0.39 is 17.8 Å². The summed E-state index contributed by atoms with van der Waals surface area (Å²) >= 11 is 0. The molecule has 2 atom stereocenters. The predicted molar refractivity (Wildman–Crippen MR) is 83.9 cm³/mol. The van der Waals surface area contributed by atoms with Gasteiger partial charge < -0.3 is 25.6 Å². The number of carboxylic acids is 1. The van der Waals surface area contributed by atoms with Crippen molar-refractivity contribution in [2.45, 2.75) is 25.3 Å². The van der Waals surface area contributed by atoms with Gasteiger partial charge in [-0.1, -0.05) is 0 Å². The van der Waals surface area contributed by atoms with Crippen LogP contribution in [0.2, 0.25) is 0 Å². The molecular weight excluding hydrogens is 316 g/mol. The fourth-order valence-corrected chi connectivity index (χ4v) is 2.68. The first-order valence-electron chi connectivity index (χ1n) is 7.53. The molecule has 0 radical (unpaired) electrons. The number of hydrogen-bond acceptors (Lipinski definition) is 5. The minimum atomic E-state index is -0.829. The van der Waals surface area contributed by atoms with Crippen molar-refractivity contribution in [3.8, 4) is 11.5 Å². The van der Waals surface area contributed by atoms with E-state index in [1.54, 1.807) is 0 Å². The molecule has 8 nitrogen and oxygen atoms in total. The number of ether oxygens (including phenoxy) is 2. The van der Waals surface area contributed by atoms with E-state index in [0.29, 0.717) is 36.3 Å². The Bertz CT molecular complexity index is 645. The van der Waals surface area contributed by atoms with Gasteiger partial charge in [-0.15, -0.1) is 0 Å². The van der Waals surface area contributed by atoms with Gasteiger partial charge in [0.05, 0.1) is 13.0 Å². The van der Waals surface area contributed by atoms with Crippen LogP contribution in [-0.2, 0) is 9.59 Å². The molecule has 0 spiro atoms. The maximum absolute atomic E-state index is 12.3. The summed E-state index contributed by atoms with van der Waals surface area (Å²) in [4.78, 5) is 34.0. The zero-order valence-electron chi connectivity index (χ0n) is 13.3. The number of nitrogens with one attached hydrogen (secondary N) is 1. The van der Waals surface area contributed by atoms with E-state index >= 15 is 0 Å². The number of rotatable bonds is 7. The molecule has 0 aliphatic heterocycles. The van der Waals surface area contributed by atoms with Crippen LogP contribution in [0.25, 0.3) is 0 Å². The first kappa shape index (κ1) is 17.6. The van der Waals surface area contributed by atoms with Crippen LogP contribution in [-0.4, -0.2) is 42.6 Å². The zero-order chi connectivity index (χ0) is 17.7. The van der Waals surface area contributed by atoms with Gasteiger partial charge >= 0.3 is 5.97 Å². The van der Waals surface area contributed by atoms with Crippen LogP contribution in [0, 0.1) is 5.92 Å². The van der Waals surface area contributed by atoms with E-state index in [9.17, 15) is 14.4 Å². The van der Waals surface area contributed by atoms with Crippen molar-refractivity contribution in [1.82, 2.24) is 5.32 Å². The van der Waals surface area contributed by atoms with Gasteiger partial charge in [-0.3, -0.25) is 14.4 Å². The van der Waals surface area contributed by atoms with Crippen LogP contribution >= 0.6 is 0 Å². The van der Waals surface area contributed by atoms with Gasteiger partial charge in [0.25, 0.3) is 11.8 Å². The van der Waals surface area contributed by atoms with Gasteiger partial charge in [0.2, 0.25) is 0 Å². The number of hydrogen-bond donors (Lipinski definition) is 3. The summed E-state index contributed by atoms with van der Waals surface area (Å²) in [5.74, 6) is -1.56. The Balaban J connectivity index is 2.02. The van der Waals surface area contributed by atoms with Crippen molar-refractivity contribution in [2.75, 3.05) is 13.7 Å². The Labute approximate surface area is 138 Å². The number of aliphatic carboxylic acids is 1. The minimum absolute atomic E-state index is 0.157. The average Bonchev–Trinajstić information content (AvgIpc) is 3.01. The Morgan fingerprint density at radius 1 is 1.29 bits per heavy atom. The molecule has 24 heavy (non-hydrogen) atoms. The molecule has 1 aromatic carbocycles. The van der Waals surface area contributed by atoms with E-state index in [1.165, 1.54) is 25.3 Å². The monoisotopic (exact) mass is 336 g/mol. The SMILES string of the molecule is COc1cc(C(=O)N[C@H]2CC[C@@H](C(=O)O)C2)ccc1OCC(N)=O. The number of carbonyl (C=O) groups is 3. The van der Waals surface area contributed by atoms with Crippen LogP contribution in [0.3, 0.4) is 0 Å². The standard InChI is InChI=1S/C16H20N2O6/c1-23-13-7-9(3-5-12(13)24-8-14(17)19)15(20)18-11-4-2-10(6-11)16(21)22/h3,5,7,10-11H,2,4,6,8H2,1H3,(H2,17,19)(H,18,20)(H,21,22)/t10-,11+/m1/s1. The van der Waals surface area contributed by atoms with Crippen LogP contribution in [0.15, 0.2) is 18.2 Å². The van der Waals surface area contributed by atoms with Crippen molar-refractivity contribution in [3.05, 3.63) is 23.8 Å². The smallest absolute Gasteiger partial charge is 0.306 e. The fourth-order valence-electron chi connectivity index (χ4n) is 2.68. The molecule has 1 fully saturated rings. The second-order valence-electron chi connectivity index (χ2n) is 5.64. The van der Waals surface area contributed by atoms with Crippen molar-refractivity contribution >= 4 is 17.8 Å². The van der Waals surface area contributed by atoms with E-state index in [-0.39, 0.29) is 18.6 Å². The van der Waals surface area contributed by atoms with Gasteiger partial charge in [-0.25, -0.2) is 0 Å². The summed E-state index contributed by atoms with van der Waals surface area (Å²) in [5.41, 5.74) is 5.38. The van der Waals surface area contributed by atoms with Crippen LogP contribution < -0.4 is 20.5 Å². The minimum Gasteiger partial charge on any atom is -0.493 e. The number of methoxy groups -OCH3 is 1. The van der Waals surface area contributed by atoms with E-state index in [4.69, 9.17) is 20.3 Å². The highest BCUT2D eigenvalue weighted by Gasteiger charge is 2.30. The third-order valence-corrected chi connectivity index (χ3v) is 3.91. The largest absolute Gasteiger partial charge is 0.493 e. The summed E-state index contributed by atoms with van der Waals surface area (Å²) in [6, 6.07) is 4.40. The first-order chi connectivity index (χ1) is 11.4. The molecule has 0 bridgehead atoms. The molecule has 0 unspecified atom stereocenters. The maximum Gasteiger partial charge on any atom is 0.306 e. The predicted octanol–water partition coefficient (Wildman–Crippen LogP) is 0.542. The number of nitrogens with two attached hydrogens (primary N) is 1. The van der Waals surface area contributed by atoms with Gasteiger partial charge in [0.15, 0.2) is 18.1 Å². The highest BCUT2D eigenvalue weighted by atomic mass is 16.5. The Kier molecular flexibility index (Phi) is 5.62. The van der Waals surface area contributed by atoms with Crippen molar-refractivity contribution in [1.29, 1.82) is 0 Å². The molecular formula is C16H20N2O6. The normalized spacial score (nSPS) is 19.5. The van der Waals surface area contributed by atoms with Crippen molar-refractivity contribution in [2.24, 2.45) is 11.7 Å². The Hall–Kier alpha value is -2.77. The van der Waals surface area contributed by atoms with Crippen LogP contribution in [0.5, 0.6) is 11.5 Å². The summed E-state index contributed by atoms with van der Waals surface area (Å²) in [6.45, 7) is -0.291. The van der Waals surface area contributed by atoms with E-state index in [2.05, 4.69) is 5.32 Å². The molecule has 2 amide bonds. The number of benzene rings is 1. The molecule has 8 heteroatoms. The van der Waals surface area contributed by atoms with Gasteiger partial charge in [-0.05, 0) is 37.5 Å². The first-order valence-corrected chi connectivity index (χ1v) is 7.53. The van der Waals surface area contributed by atoms with E-state index in [1.807, 2.05) is 0 Å². The molecule has 1 aliphatic carbocycles. The van der Waals surface area contributed by atoms with Crippen LogP contribution in [0.4, 0.5) is 0 Å². The molecule has 130 valence electrons. The van der Waals surface area contributed by atoms with E-state index in [0.717, 1.165) is 0 Å². The van der Waals surface area contributed by atoms with Gasteiger partial charge in [0.1, 0.15) is 0 Å². The molecule has 4 N–H and O–H groups in total. The summed E-state index contributed by atoms with van der Waals surface area (Å²) in [7, 11) is 1.42. The maximum atomic E-state index is 12.3. The lowest BCUT2D eigenvalue weighted by Crippen LogP contribution is -2.33. The molecule has 2 rings (SSSR count). The van der Waals surface area contributed by atoms with Gasteiger partial charge in [0, 0.05) is 11.6 Å². The topological polar surface area (TPSA) is 128 Å². The highest BCUT2D eigenvalue weighted by Crippen LogP contribution is 2.29. The zero-order valence-corrected chi connectivity index (χ0v) is 13.3.